The van der Waals surface area contributed by atoms with Gasteiger partial charge in [-0.05, 0) is 43.2 Å². The standard InChI is InChI=1S/C30H26N2O5S2/c1-18-9-13-20(14-10-18)17-23-24(31)29(39(35,36)22-7-5-4-6-8-22)32-25(23)27(30(34)37-3)38-26(28(32)33)21-15-11-19(2)12-16-21/h4-17,26H,31H2,1-3H3/b23-17+/t26-/m1/s1. The molecule has 2 N–H and O–H groups in total. The summed E-state index contributed by atoms with van der Waals surface area (Å²) in [5.74, 6) is -1.21. The van der Waals surface area contributed by atoms with Crippen LogP contribution in [0.25, 0.3) is 11.0 Å². The summed E-state index contributed by atoms with van der Waals surface area (Å²) in [5, 5.41) is -0.897. The number of sulfone groups is 1. The SMILES string of the molecule is COC(=O)C1=c2/c(=C/c3ccc(C)cc3)c(N)c(S(=O)(=O)c3ccccc3)n2C(=O)[C@@H](c2ccc(C)cc2)S1. The van der Waals surface area contributed by atoms with Crippen molar-refractivity contribution in [1.82, 2.24) is 4.57 Å². The number of thioether (sulfide) groups is 1. The van der Waals surface area contributed by atoms with Crippen LogP contribution in [0, 0.1) is 13.8 Å². The molecule has 0 aliphatic carbocycles. The van der Waals surface area contributed by atoms with Crippen LogP contribution in [0.1, 0.15) is 32.3 Å². The van der Waals surface area contributed by atoms with E-state index in [9.17, 15) is 18.0 Å². The number of hydrogen-bond donors (Lipinski definition) is 1. The van der Waals surface area contributed by atoms with Gasteiger partial charge < -0.3 is 10.5 Å². The molecule has 0 saturated heterocycles. The van der Waals surface area contributed by atoms with Gasteiger partial charge in [-0.2, -0.15) is 0 Å². The molecule has 0 unspecified atom stereocenters. The summed E-state index contributed by atoms with van der Waals surface area (Å²) in [6.45, 7) is 3.88. The first-order chi connectivity index (χ1) is 18.6. The molecule has 39 heavy (non-hydrogen) atoms. The van der Waals surface area contributed by atoms with Gasteiger partial charge in [-0.25, -0.2) is 13.2 Å². The van der Waals surface area contributed by atoms with Crippen molar-refractivity contribution in [3.05, 3.63) is 112 Å². The minimum Gasteiger partial charge on any atom is -0.465 e. The highest BCUT2D eigenvalue weighted by molar-refractivity contribution is 8.10. The Morgan fingerprint density at radius 2 is 1.54 bits per heavy atom. The number of methoxy groups -OCH3 is 1. The lowest BCUT2D eigenvalue weighted by Gasteiger charge is -2.23. The quantitative estimate of drug-likeness (QED) is 0.372. The number of aryl methyl sites for hydroxylation is 2. The summed E-state index contributed by atoms with van der Waals surface area (Å²) in [7, 11) is -3.02. The second kappa shape index (κ2) is 10.2. The molecular formula is C30H26N2O5S2. The lowest BCUT2D eigenvalue weighted by atomic mass is 10.1. The number of anilines is 1. The molecule has 0 radical (unpaired) electrons. The Labute approximate surface area is 230 Å². The lowest BCUT2D eigenvalue weighted by Crippen LogP contribution is -2.42. The van der Waals surface area contributed by atoms with E-state index in [2.05, 4.69) is 0 Å². The predicted octanol–water partition coefficient (Wildman–Crippen LogP) is 3.76. The van der Waals surface area contributed by atoms with Crippen LogP contribution in [0.3, 0.4) is 0 Å². The number of carbonyl (C=O) groups is 2. The van der Waals surface area contributed by atoms with E-state index in [1.807, 2.05) is 50.2 Å². The van der Waals surface area contributed by atoms with Crippen molar-refractivity contribution in [3.8, 4) is 0 Å². The van der Waals surface area contributed by atoms with Crippen LogP contribution in [0.4, 0.5) is 5.69 Å². The number of esters is 1. The van der Waals surface area contributed by atoms with Crippen molar-refractivity contribution in [2.75, 3.05) is 12.8 Å². The van der Waals surface area contributed by atoms with Crippen LogP contribution >= 0.6 is 11.8 Å². The molecule has 0 amide bonds. The number of fused-ring (bicyclic) bond motifs is 1. The topological polar surface area (TPSA) is 108 Å². The number of benzene rings is 3. The third-order valence-corrected chi connectivity index (χ3v) is 9.65. The summed E-state index contributed by atoms with van der Waals surface area (Å²) in [5.41, 5.74) is 9.88. The van der Waals surface area contributed by atoms with Gasteiger partial charge in [0.05, 0.1) is 23.0 Å². The van der Waals surface area contributed by atoms with E-state index in [0.717, 1.165) is 33.0 Å². The van der Waals surface area contributed by atoms with E-state index in [0.29, 0.717) is 5.56 Å². The van der Waals surface area contributed by atoms with Crippen molar-refractivity contribution >= 4 is 50.1 Å². The zero-order valence-corrected chi connectivity index (χ0v) is 23.2. The highest BCUT2D eigenvalue weighted by Gasteiger charge is 2.39. The zero-order valence-electron chi connectivity index (χ0n) is 21.5. The van der Waals surface area contributed by atoms with Crippen molar-refractivity contribution in [2.45, 2.75) is 29.0 Å². The Morgan fingerprint density at radius 3 is 2.13 bits per heavy atom. The minimum absolute atomic E-state index is 0.0172. The number of hydrogen-bond acceptors (Lipinski definition) is 7. The molecule has 0 spiro atoms. The van der Waals surface area contributed by atoms with Gasteiger partial charge in [-0.1, -0.05) is 89.6 Å². The number of nitrogens with two attached hydrogens (primary N) is 1. The molecule has 3 aromatic carbocycles. The summed E-state index contributed by atoms with van der Waals surface area (Å²) in [4.78, 5) is 27.4. The number of carbonyl (C=O) groups excluding carboxylic acids is 2. The molecule has 0 bridgehead atoms. The Morgan fingerprint density at radius 1 is 0.949 bits per heavy atom. The Balaban J connectivity index is 1.92. The predicted molar refractivity (Wildman–Crippen MR) is 152 cm³/mol. The molecule has 0 saturated carbocycles. The van der Waals surface area contributed by atoms with Gasteiger partial charge in [-0.15, -0.1) is 0 Å². The molecule has 0 fully saturated rings. The van der Waals surface area contributed by atoms with Crippen LogP contribution in [-0.4, -0.2) is 32.0 Å². The van der Waals surface area contributed by atoms with Crippen molar-refractivity contribution in [3.63, 3.8) is 0 Å². The average molecular weight is 559 g/mol. The van der Waals surface area contributed by atoms with E-state index in [4.69, 9.17) is 10.5 Å². The van der Waals surface area contributed by atoms with Gasteiger partial charge in [0.2, 0.25) is 15.7 Å². The minimum atomic E-state index is -4.27. The van der Waals surface area contributed by atoms with E-state index in [1.54, 1.807) is 36.4 Å². The number of ether oxygens (including phenoxy) is 1. The Kier molecular flexibility index (Phi) is 6.96. The molecule has 7 nitrogen and oxygen atoms in total. The van der Waals surface area contributed by atoms with Crippen LogP contribution in [0.2, 0.25) is 0 Å². The number of nitrogen functional groups attached to an aromatic ring is 1. The van der Waals surface area contributed by atoms with Gasteiger partial charge in [0.1, 0.15) is 10.2 Å². The summed E-state index contributed by atoms with van der Waals surface area (Å²) >= 11 is 1.03. The molecule has 2 heterocycles. The second-order valence-electron chi connectivity index (χ2n) is 9.26. The molecule has 1 aliphatic rings. The van der Waals surface area contributed by atoms with E-state index >= 15 is 0 Å². The van der Waals surface area contributed by atoms with Crippen LogP contribution in [-0.2, 0) is 19.4 Å². The highest BCUT2D eigenvalue weighted by Crippen LogP contribution is 2.40. The fraction of sp³-hybridized carbons (Fsp3) is 0.133. The maximum Gasteiger partial charge on any atom is 0.346 e. The lowest BCUT2D eigenvalue weighted by molar-refractivity contribution is -0.133. The molecule has 9 heteroatoms. The summed E-state index contributed by atoms with van der Waals surface area (Å²) < 4.78 is 34.2. The number of nitrogens with zero attached hydrogens (tertiary/aromatic N) is 1. The molecule has 1 aromatic heterocycles. The fourth-order valence-electron chi connectivity index (χ4n) is 4.50. The molecular weight excluding hydrogens is 532 g/mol. The van der Waals surface area contributed by atoms with Crippen LogP contribution in [0.15, 0.2) is 88.8 Å². The fourth-order valence-corrected chi connectivity index (χ4v) is 7.29. The monoisotopic (exact) mass is 558 g/mol. The third kappa shape index (κ3) is 4.68. The summed E-state index contributed by atoms with van der Waals surface area (Å²) in [6.07, 6.45) is 1.69. The normalized spacial score (nSPS) is 15.8. The van der Waals surface area contributed by atoms with Crippen LogP contribution in [0.5, 0.6) is 0 Å². The summed E-state index contributed by atoms with van der Waals surface area (Å²) in [6, 6.07) is 22.6. The first-order valence-electron chi connectivity index (χ1n) is 12.1. The molecule has 1 aliphatic heterocycles. The van der Waals surface area contributed by atoms with Crippen molar-refractivity contribution in [2.24, 2.45) is 0 Å². The molecule has 5 rings (SSSR count). The Hall–Kier alpha value is -4.08. The Bertz CT molecular complexity index is 1820. The van der Waals surface area contributed by atoms with Crippen LogP contribution < -0.4 is 16.3 Å². The largest absolute Gasteiger partial charge is 0.465 e. The van der Waals surface area contributed by atoms with Gasteiger partial charge in [-0.3, -0.25) is 9.36 Å². The molecule has 198 valence electrons. The molecule has 4 aromatic rings. The van der Waals surface area contributed by atoms with Gasteiger partial charge in [0.15, 0.2) is 5.03 Å². The highest BCUT2D eigenvalue weighted by atomic mass is 32.2. The van der Waals surface area contributed by atoms with Crippen molar-refractivity contribution in [1.29, 1.82) is 0 Å². The van der Waals surface area contributed by atoms with E-state index in [1.165, 1.54) is 19.2 Å². The maximum absolute atomic E-state index is 14.2. The first-order valence-corrected chi connectivity index (χ1v) is 14.5. The van der Waals surface area contributed by atoms with E-state index in [-0.39, 0.29) is 31.1 Å². The molecule has 1 atom stereocenters. The second-order valence-corrected chi connectivity index (χ2v) is 12.2. The van der Waals surface area contributed by atoms with Gasteiger partial charge >= 0.3 is 5.97 Å². The smallest absolute Gasteiger partial charge is 0.346 e. The zero-order chi connectivity index (χ0) is 27.9. The van der Waals surface area contributed by atoms with E-state index < -0.39 is 27.0 Å². The third-order valence-electron chi connectivity index (χ3n) is 6.55. The number of rotatable bonds is 5. The van der Waals surface area contributed by atoms with Gasteiger partial charge in [0, 0.05) is 5.22 Å². The van der Waals surface area contributed by atoms with Crippen molar-refractivity contribution < 1.29 is 22.7 Å². The van der Waals surface area contributed by atoms with Gasteiger partial charge in [0.25, 0.3) is 0 Å². The number of aromatic nitrogens is 1. The first kappa shape index (κ1) is 26.5. The maximum atomic E-state index is 14.2. The average Bonchev–Trinajstić information content (AvgIpc) is 3.23.